The number of ether oxygens (including phenoxy) is 1. The van der Waals surface area contributed by atoms with Gasteiger partial charge in [-0.05, 0) is 44.9 Å². The number of rotatable bonds is 7. The molecule has 3 N–H and O–H groups in total. The van der Waals surface area contributed by atoms with Gasteiger partial charge in [0.15, 0.2) is 0 Å². The van der Waals surface area contributed by atoms with Crippen molar-refractivity contribution in [2.45, 2.75) is 70.6 Å². The molecule has 0 radical (unpaired) electrons. The standard InChI is InChI=1S/C15H28N2O2/c1-10(4-3-5-11(2)16)15(18)17-13-8-9-19-14(13)12-6-7-12/h10-14H,3-9,16H2,1-2H3,(H,17,18). The Labute approximate surface area is 116 Å². The van der Waals surface area contributed by atoms with Crippen molar-refractivity contribution in [1.82, 2.24) is 5.32 Å². The van der Waals surface area contributed by atoms with Crippen LogP contribution in [0, 0.1) is 11.8 Å². The van der Waals surface area contributed by atoms with Crippen molar-refractivity contribution in [3.05, 3.63) is 0 Å². The molecule has 1 aliphatic heterocycles. The van der Waals surface area contributed by atoms with Gasteiger partial charge in [-0.25, -0.2) is 0 Å². The van der Waals surface area contributed by atoms with E-state index in [9.17, 15) is 4.79 Å². The second-order valence-corrected chi connectivity index (χ2v) is 6.39. The van der Waals surface area contributed by atoms with Crippen LogP contribution in [0.2, 0.25) is 0 Å². The van der Waals surface area contributed by atoms with Crippen molar-refractivity contribution in [2.24, 2.45) is 17.6 Å². The van der Waals surface area contributed by atoms with Gasteiger partial charge in [-0.15, -0.1) is 0 Å². The Balaban J connectivity index is 1.70. The molecule has 1 aliphatic carbocycles. The van der Waals surface area contributed by atoms with E-state index < -0.39 is 0 Å². The van der Waals surface area contributed by atoms with E-state index >= 15 is 0 Å². The minimum absolute atomic E-state index is 0.0826. The minimum Gasteiger partial charge on any atom is -0.376 e. The molecule has 0 bridgehead atoms. The second kappa shape index (κ2) is 6.71. The molecule has 110 valence electrons. The van der Waals surface area contributed by atoms with E-state index in [1.165, 1.54) is 12.8 Å². The number of hydrogen-bond acceptors (Lipinski definition) is 3. The molecule has 0 spiro atoms. The normalized spacial score (nSPS) is 30.1. The van der Waals surface area contributed by atoms with Gasteiger partial charge >= 0.3 is 0 Å². The number of amides is 1. The van der Waals surface area contributed by atoms with Crippen LogP contribution in [0.4, 0.5) is 0 Å². The molecular formula is C15H28N2O2. The number of nitrogens with one attached hydrogen (secondary N) is 1. The molecular weight excluding hydrogens is 240 g/mol. The zero-order chi connectivity index (χ0) is 13.8. The predicted octanol–water partition coefficient (Wildman–Crippen LogP) is 1.82. The average Bonchev–Trinajstić information content (AvgIpc) is 3.09. The van der Waals surface area contributed by atoms with Gasteiger partial charge in [0.1, 0.15) is 0 Å². The zero-order valence-corrected chi connectivity index (χ0v) is 12.2. The molecule has 4 heteroatoms. The summed E-state index contributed by atoms with van der Waals surface area (Å²) in [6, 6.07) is 0.480. The minimum atomic E-state index is 0.0826. The number of carbonyl (C=O) groups excluding carboxylic acids is 1. The van der Waals surface area contributed by atoms with Gasteiger partial charge in [0, 0.05) is 18.6 Å². The largest absolute Gasteiger partial charge is 0.376 e. The van der Waals surface area contributed by atoms with Crippen molar-refractivity contribution in [3.8, 4) is 0 Å². The van der Waals surface area contributed by atoms with E-state index in [1.54, 1.807) is 0 Å². The Morgan fingerprint density at radius 1 is 1.32 bits per heavy atom. The van der Waals surface area contributed by atoms with E-state index in [2.05, 4.69) is 5.32 Å². The monoisotopic (exact) mass is 268 g/mol. The van der Waals surface area contributed by atoms with Crippen molar-refractivity contribution in [2.75, 3.05) is 6.61 Å². The van der Waals surface area contributed by atoms with Gasteiger partial charge < -0.3 is 15.8 Å². The molecule has 0 aromatic heterocycles. The van der Waals surface area contributed by atoms with Gasteiger partial charge in [-0.1, -0.05) is 13.3 Å². The summed E-state index contributed by atoms with van der Waals surface area (Å²) in [7, 11) is 0. The Kier molecular flexibility index (Phi) is 5.22. The van der Waals surface area contributed by atoms with Crippen molar-refractivity contribution < 1.29 is 9.53 Å². The van der Waals surface area contributed by atoms with Crippen molar-refractivity contribution in [3.63, 3.8) is 0 Å². The van der Waals surface area contributed by atoms with Crippen molar-refractivity contribution >= 4 is 5.91 Å². The first-order chi connectivity index (χ1) is 9.08. The van der Waals surface area contributed by atoms with Crippen LogP contribution in [0.3, 0.4) is 0 Å². The number of nitrogens with two attached hydrogens (primary N) is 1. The SMILES string of the molecule is CC(N)CCCC(C)C(=O)NC1CCOC1C1CC1. The lowest BCUT2D eigenvalue weighted by molar-refractivity contribution is -0.125. The molecule has 0 aromatic carbocycles. The van der Waals surface area contributed by atoms with Gasteiger partial charge in [0.05, 0.1) is 12.1 Å². The van der Waals surface area contributed by atoms with Gasteiger partial charge in [-0.2, -0.15) is 0 Å². The molecule has 4 atom stereocenters. The summed E-state index contributed by atoms with van der Waals surface area (Å²) in [6.07, 6.45) is 6.73. The maximum atomic E-state index is 12.2. The molecule has 1 saturated heterocycles. The Morgan fingerprint density at radius 2 is 2.05 bits per heavy atom. The molecule has 4 nitrogen and oxygen atoms in total. The second-order valence-electron chi connectivity index (χ2n) is 6.39. The van der Waals surface area contributed by atoms with Gasteiger partial charge in [-0.3, -0.25) is 4.79 Å². The first kappa shape index (κ1) is 14.8. The third-order valence-corrected chi connectivity index (χ3v) is 4.29. The third-order valence-electron chi connectivity index (χ3n) is 4.29. The van der Waals surface area contributed by atoms with Gasteiger partial charge in [0.2, 0.25) is 5.91 Å². The summed E-state index contributed by atoms with van der Waals surface area (Å²) in [4.78, 5) is 12.2. The highest BCUT2D eigenvalue weighted by Gasteiger charge is 2.41. The van der Waals surface area contributed by atoms with Crippen LogP contribution in [0.1, 0.15) is 52.4 Å². The number of carbonyl (C=O) groups is 1. The van der Waals surface area contributed by atoms with E-state index in [1.807, 2.05) is 13.8 Å². The highest BCUT2D eigenvalue weighted by molar-refractivity contribution is 5.78. The molecule has 2 rings (SSSR count). The molecule has 2 fully saturated rings. The van der Waals surface area contributed by atoms with Crippen LogP contribution in [0.15, 0.2) is 0 Å². The lowest BCUT2D eigenvalue weighted by Crippen LogP contribution is -2.43. The Hall–Kier alpha value is -0.610. The Morgan fingerprint density at radius 3 is 2.68 bits per heavy atom. The Bertz CT molecular complexity index is 303. The van der Waals surface area contributed by atoms with Crippen LogP contribution in [-0.4, -0.2) is 30.7 Å². The third kappa shape index (κ3) is 4.46. The number of hydrogen-bond donors (Lipinski definition) is 2. The van der Waals surface area contributed by atoms with Crippen molar-refractivity contribution in [1.29, 1.82) is 0 Å². The van der Waals surface area contributed by atoms with E-state index in [0.717, 1.165) is 32.3 Å². The highest BCUT2D eigenvalue weighted by Crippen LogP contribution is 2.38. The first-order valence-electron chi connectivity index (χ1n) is 7.75. The maximum Gasteiger partial charge on any atom is 0.223 e. The van der Waals surface area contributed by atoms with E-state index in [4.69, 9.17) is 10.5 Å². The van der Waals surface area contributed by atoms with Crippen LogP contribution in [-0.2, 0) is 9.53 Å². The van der Waals surface area contributed by atoms with E-state index in [-0.39, 0.29) is 30.0 Å². The molecule has 1 saturated carbocycles. The smallest absolute Gasteiger partial charge is 0.223 e. The fraction of sp³-hybridized carbons (Fsp3) is 0.933. The lowest BCUT2D eigenvalue weighted by Gasteiger charge is -2.21. The average molecular weight is 268 g/mol. The predicted molar refractivity (Wildman–Crippen MR) is 75.7 cm³/mol. The zero-order valence-electron chi connectivity index (χ0n) is 12.2. The summed E-state index contributed by atoms with van der Waals surface area (Å²) in [5.41, 5.74) is 5.73. The fourth-order valence-corrected chi connectivity index (χ4v) is 2.86. The topological polar surface area (TPSA) is 64.4 Å². The molecule has 1 heterocycles. The summed E-state index contributed by atoms with van der Waals surface area (Å²) in [5, 5.41) is 3.19. The summed E-state index contributed by atoms with van der Waals surface area (Å²) >= 11 is 0. The molecule has 2 aliphatic rings. The lowest BCUT2D eigenvalue weighted by atomic mass is 9.99. The molecule has 19 heavy (non-hydrogen) atoms. The molecule has 0 aromatic rings. The summed E-state index contributed by atoms with van der Waals surface area (Å²) in [5.74, 6) is 0.964. The first-order valence-corrected chi connectivity index (χ1v) is 7.75. The van der Waals surface area contributed by atoms with Gasteiger partial charge in [0.25, 0.3) is 0 Å². The maximum absolute atomic E-state index is 12.2. The molecule has 1 amide bonds. The van der Waals surface area contributed by atoms with E-state index in [0.29, 0.717) is 5.92 Å². The van der Waals surface area contributed by atoms with Crippen LogP contribution < -0.4 is 11.1 Å². The fourth-order valence-electron chi connectivity index (χ4n) is 2.86. The highest BCUT2D eigenvalue weighted by atomic mass is 16.5. The summed E-state index contributed by atoms with van der Waals surface area (Å²) in [6.45, 7) is 4.82. The van der Waals surface area contributed by atoms with Crippen LogP contribution in [0.5, 0.6) is 0 Å². The quantitative estimate of drug-likeness (QED) is 0.740. The van der Waals surface area contributed by atoms with Crippen LogP contribution in [0.25, 0.3) is 0 Å². The summed E-state index contributed by atoms with van der Waals surface area (Å²) < 4.78 is 5.75. The molecule has 4 unspecified atom stereocenters. The van der Waals surface area contributed by atoms with Crippen LogP contribution >= 0.6 is 0 Å².